The average molecular weight is 457 g/mol. The molecule has 1 amide bonds. The number of rotatable bonds is 4. The van der Waals surface area contributed by atoms with Gasteiger partial charge in [-0.3, -0.25) is 4.79 Å². The first kappa shape index (κ1) is 20.6. The molecule has 1 atom stereocenters. The second-order valence-corrected chi connectivity index (χ2v) is 7.47. The van der Waals surface area contributed by atoms with Gasteiger partial charge in [-0.2, -0.15) is 8.78 Å². The molecule has 2 aromatic heterocycles. The number of aromatic nitrogens is 3. The van der Waals surface area contributed by atoms with Gasteiger partial charge in [-0.25, -0.2) is 9.97 Å². The molecule has 158 valence electrons. The van der Waals surface area contributed by atoms with E-state index in [0.717, 1.165) is 5.69 Å². The van der Waals surface area contributed by atoms with E-state index in [9.17, 15) is 13.6 Å². The Bertz CT molecular complexity index is 1120. The highest BCUT2D eigenvalue weighted by molar-refractivity contribution is 6.45. The Hall–Kier alpha value is -2.65. The predicted octanol–water partition coefficient (Wildman–Crippen LogP) is 4.63. The Balaban J connectivity index is 1.78. The SMILES string of the molecule is COc1cnc(C(=O)N2CCc3[nH]c4c(Cl)c(Cl)cc(OC(F)F)c4c3C2C)nc1. The molecule has 0 spiro atoms. The number of benzene rings is 1. The molecular weight excluding hydrogens is 441 g/mol. The first-order valence-electron chi connectivity index (χ1n) is 8.96. The standard InChI is InChI=1S/C19H16Cl2F2N4O3/c1-8-13-11(3-4-27(8)18(28)17-24-6-9(29-2)7-25-17)26-16-14(13)12(30-19(22)23)5-10(20)15(16)21/h5-8,19,26H,3-4H2,1-2H3. The van der Waals surface area contributed by atoms with Crippen LogP contribution in [0.4, 0.5) is 8.78 Å². The van der Waals surface area contributed by atoms with Gasteiger partial charge < -0.3 is 19.4 Å². The van der Waals surface area contributed by atoms with Crippen molar-refractivity contribution in [1.29, 1.82) is 0 Å². The summed E-state index contributed by atoms with van der Waals surface area (Å²) < 4.78 is 35.7. The van der Waals surface area contributed by atoms with Crippen LogP contribution in [0.1, 0.15) is 34.8 Å². The van der Waals surface area contributed by atoms with Gasteiger partial charge in [-0.15, -0.1) is 0 Å². The number of hydrogen-bond acceptors (Lipinski definition) is 5. The van der Waals surface area contributed by atoms with E-state index in [1.54, 1.807) is 11.8 Å². The van der Waals surface area contributed by atoms with Gasteiger partial charge in [0, 0.05) is 35.7 Å². The zero-order valence-electron chi connectivity index (χ0n) is 15.9. The van der Waals surface area contributed by atoms with Gasteiger partial charge in [0.05, 0.1) is 41.1 Å². The highest BCUT2D eigenvalue weighted by Crippen LogP contribution is 2.45. The number of fused-ring (bicyclic) bond motifs is 3. The number of halogens is 4. The molecule has 0 bridgehead atoms. The molecule has 0 fully saturated rings. The van der Waals surface area contributed by atoms with Crippen molar-refractivity contribution in [3.05, 3.63) is 45.6 Å². The Morgan fingerprint density at radius 1 is 1.33 bits per heavy atom. The number of amides is 1. The zero-order valence-corrected chi connectivity index (χ0v) is 17.4. The van der Waals surface area contributed by atoms with E-state index >= 15 is 0 Å². The first-order valence-corrected chi connectivity index (χ1v) is 9.71. The fourth-order valence-electron chi connectivity index (χ4n) is 3.72. The third-order valence-corrected chi connectivity index (χ3v) is 5.86. The van der Waals surface area contributed by atoms with Crippen molar-refractivity contribution in [2.75, 3.05) is 13.7 Å². The van der Waals surface area contributed by atoms with Crippen LogP contribution in [0.5, 0.6) is 11.5 Å². The molecule has 3 heterocycles. The number of alkyl halides is 2. The monoisotopic (exact) mass is 456 g/mol. The molecule has 1 N–H and O–H groups in total. The zero-order chi connectivity index (χ0) is 21.6. The molecule has 0 aliphatic carbocycles. The summed E-state index contributed by atoms with van der Waals surface area (Å²) in [6.45, 7) is -0.868. The summed E-state index contributed by atoms with van der Waals surface area (Å²) in [4.78, 5) is 25.8. The molecule has 3 aromatic rings. The number of carbonyl (C=O) groups excluding carboxylic acids is 1. The quantitative estimate of drug-likeness (QED) is 0.618. The fourth-order valence-corrected chi connectivity index (χ4v) is 4.11. The predicted molar refractivity (Wildman–Crippen MR) is 107 cm³/mol. The van der Waals surface area contributed by atoms with Gasteiger partial charge in [0.2, 0.25) is 5.82 Å². The van der Waals surface area contributed by atoms with Gasteiger partial charge in [-0.05, 0) is 6.92 Å². The van der Waals surface area contributed by atoms with E-state index in [-0.39, 0.29) is 27.5 Å². The van der Waals surface area contributed by atoms with Crippen molar-refractivity contribution < 1.29 is 23.0 Å². The van der Waals surface area contributed by atoms with Gasteiger partial charge >= 0.3 is 6.61 Å². The first-order chi connectivity index (χ1) is 14.3. The number of hydrogen-bond donors (Lipinski definition) is 1. The lowest BCUT2D eigenvalue weighted by atomic mass is 9.96. The van der Waals surface area contributed by atoms with Crippen molar-refractivity contribution >= 4 is 40.0 Å². The van der Waals surface area contributed by atoms with Crippen molar-refractivity contribution in [1.82, 2.24) is 19.9 Å². The van der Waals surface area contributed by atoms with Crippen molar-refractivity contribution in [2.24, 2.45) is 0 Å². The van der Waals surface area contributed by atoms with Gasteiger partial charge in [0.1, 0.15) is 5.75 Å². The molecule has 11 heteroatoms. The van der Waals surface area contributed by atoms with Crippen LogP contribution in [-0.2, 0) is 6.42 Å². The van der Waals surface area contributed by atoms with Gasteiger partial charge in [0.15, 0.2) is 5.75 Å². The van der Waals surface area contributed by atoms with Crippen LogP contribution in [0.3, 0.4) is 0 Å². The number of ether oxygens (including phenoxy) is 2. The molecular formula is C19H16Cl2F2N4O3. The number of nitrogens with zero attached hydrogens (tertiary/aromatic N) is 3. The van der Waals surface area contributed by atoms with Crippen molar-refractivity contribution in [2.45, 2.75) is 26.0 Å². The van der Waals surface area contributed by atoms with E-state index in [0.29, 0.717) is 35.2 Å². The molecule has 0 radical (unpaired) electrons. The van der Waals surface area contributed by atoms with Crippen LogP contribution in [0.15, 0.2) is 18.5 Å². The van der Waals surface area contributed by atoms with Crippen LogP contribution in [-0.4, -0.2) is 46.0 Å². The number of H-pyrrole nitrogens is 1. The maximum Gasteiger partial charge on any atom is 0.387 e. The highest BCUT2D eigenvalue weighted by atomic mass is 35.5. The maximum absolute atomic E-state index is 13.0. The van der Waals surface area contributed by atoms with Crippen LogP contribution in [0.2, 0.25) is 10.0 Å². The summed E-state index contributed by atoms with van der Waals surface area (Å²) in [6.07, 6.45) is 3.27. The normalized spacial score (nSPS) is 16.1. The fraction of sp³-hybridized carbons (Fsp3) is 0.316. The summed E-state index contributed by atoms with van der Waals surface area (Å²) in [6, 6.07) is 0.782. The molecule has 30 heavy (non-hydrogen) atoms. The summed E-state index contributed by atoms with van der Waals surface area (Å²) in [7, 11) is 1.47. The van der Waals surface area contributed by atoms with Crippen LogP contribution >= 0.6 is 23.2 Å². The summed E-state index contributed by atoms with van der Waals surface area (Å²) in [5.41, 5.74) is 1.82. The van der Waals surface area contributed by atoms with Crippen molar-refractivity contribution in [3.63, 3.8) is 0 Å². The summed E-state index contributed by atoms with van der Waals surface area (Å²) >= 11 is 12.4. The van der Waals surface area contributed by atoms with E-state index in [1.165, 1.54) is 25.6 Å². The van der Waals surface area contributed by atoms with E-state index in [2.05, 4.69) is 15.0 Å². The Labute approximate surface area is 179 Å². The van der Waals surface area contributed by atoms with Crippen LogP contribution < -0.4 is 9.47 Å². The number of methoxy groups -OCH3 is 1. The Morgan fingerprint density at radius 2 is 2.03 bits per heavy atom. The third kappa shape index (κ3) is 3.41. The minimum absolute atomic E-state index is 0.0103. The molecule has 0 saturated heterocycles. The topological polar surface area (TPSA) is 80.3 Å². The minimum atomic E-state index is -3.04. The molecule has 1 aromatic carbocycles. The largest absolute Gasteiger partial charge is 0.494 e. The molecule has 1 unspecified atom stereocenters. The average Bonchev–Trinajstić information content (AvgIpc) is 3.12. The number of nitrogens with one attached hydrogen (secondary N) is 1. The van der Waals surface area contributed by atoms with Gasteiger partial charge in [0.25, 0.3) is 5.91 Å². The lowest BCUT2D eigenvalue weighted by Crippen LogP contribution is -2.39. The molecule has 1 aliphatic heterocycles. The highest BCUT2D eigenvalue weighted by Gasteiger charge is 2.34. The second kappa shape index (κ2) is 7.88. The number of carbonyl (C=O) groups is 1. The molecule has 0 saturated carbocycles. The summed E-state index contributed by atoms with van der Waals surface area (Å²) in [5.74, 6) is -0.0520. The van der Waals surface area contributed by atoms with Crippen molar-refractivity contribution in [3.8, 4) is 11.5 Å². The van der Waals surface area contributed by atoms with Crippen LogP contribution in [0.25, 0.3) is 10.9 Å². The van der Waals surface area contributed by atoms with E-state index in [1.807, 2.05) is 0 Å². The lowest BCUT2D eigenvalue weighted by Gasteiger charge is -2.33. The Morgan fingerprint density at radius 3 is 2.67 bits per heavy atom. The molecule has 4 rings (SSSR count). The maximum atomic E-state index is 13.0. The molecule has 1 aliphatic rings. The lowest BCUT2D eigenvalue weighted by molar-refractivity contribution is -0.0488. The smallest absolute Gasteiger partial charge is 0.387 e. The minimum Gasteiger partial charge on any atom is -0.494 e. The van der Waals surface area contributed by atoms with Gasteiger partial charge in [-0.1, -0.05) is 23.2 Å². The second-order valence-electron chi connectivity index (χ2n) is 6.69. The molecule has 7 nitrogen and oxygen atoms in total. The number of aromatic amines is 1. The Kier molecular flexibility index (Phi) is 5.42. The van der Waals surface area contributed by atoms with E-state index < -0.39 is 12.7 Å². The third-order valence-electron chi connectivity index (χ3n) is 5.07. The summed E-state index contributed by atoms with van der Waals surface area (Å²) in [5, 5.41) is 0.664. The van der Waals surface area contributed by atoms with Crippen LogP contribution in [0, 0.1) is 0 Å². The van der Waals surface area contributed by atoms with E-state index in [4.69, 9.17) is 32.7 Å².